The molecule has 0 heterocycles. The number of carboxylic acid groups (broad SMARTS) is 1. The third-order valence-electron chi connectivity index (χ3n) is 1.70. The smallest absolute Gasteiger partial charge is 0.313 e. The zero-order valence-corrected chi connectivity index (χ0v) is 7.46. The lowest BCUT2D eigenvalue weighted by atomic mass is 10.0. The van der Waals surface area contributed by atoms with Crippen molar-refractivity contribution in [1.29, 1.82) is 0 Å². The fourth-order valence-corrected chi connectivity index (χ4v) is 1.22. The van der Waals surface area contributed by atoms with Crippen molar-refractivity contribution in [2.45, 2.75) is 5.92 Å². The Balaban J connectivity index is 2.98. The van der Waals surface area contributed by atoms with E-state index in [1.54, 1.807) is 18.2 Å². The van der Waals surface area contributed by atoms with Crippen molar-refractivity contribution in [2.24, 2.45) is 0 Å². The van der Waals surface area contributed by atoms with Gasteiger partial charge in [-0.2, -0.15) is 0 Å². The minimum atomic E-state index is -1.18. The minimum Gasteiger partial charge on any atom is -0.481 e. The Bertz CT molecular complexity index is 314. The highest BCUT2D eigenvalue weighted by atomic mass is 35.5. The number of halogens is 2. The van der Waals surface area contributed by atoms with Gasteiger partial charge in [-0.25, -0.2) is 4.39 Å². The molecule has 1 rings (SSSR count). The molecule has 0 aliphatic rings. The Morgan fingerprint density at radius 1 is 1.62 bits per heavy atom. The van der Waals surface area contributed by atoms with E-state index in [9.17, 15) is 9.18 Å². The predicted octanol–water partition coefficient (Wildman–Crippen LogP) is 2.48. The molecule has 1 aromatic carbocycles. The lowest BCUT2D eigenvalue weighted by Crippen LogP contribution is -2.13. The Hall–Kier alpha value is -1.09. The topological polar surface area (TPSA) is 37.3 Å². The van der Waals surface area contributed by atoms with E-state index in [0.29, 0.717) is 10.6 Å². The number of rotatable bonds is 3. The Labute approximate surface area is 80.0 Å². The number of alkyl halides is 1. The van der Waals surface area contributed by atoms with E-state index in [1.165, 1.54) is 6.07 Å². The molecule has 1 atom stereocenters. The number of carbonyl (C=O) groups is 1. The number of aliphatic carboxylic acids is 1. The molecule has 2 nitrogen and oxygen atoms in total. The molecule has 0 aromatic heterocycles. The van der Waals surface area contributed by atoms with E-state index < -0.39 is 18.6 Å². The molecule has 13 heavy (non-hydrogen) atoms. The zero-order chi connectivity index (χ0) is 9.84. The molecule has 0 aliphatic heterocycles. The van der Waals surface area contributed by atoms with E-state index in [0.717, 1.165) is 0 Å². The first-order chi connectivity index (χ1) is 6.15. The minimum absolute atomic E-state index is 0.391. The van der Waals surface area contributed by atoms with Gasteiger partial charge in [0, 0.05) is 5.02 Å². The van der Waals surface area contributed by atoms with Crippen LogP contribution in [0.4, 0.5) is 4.39 Å². The van der Waals surface area contributed by atoms with Crippen LogP contribution in [0.1, 0.15) is 11.5 Å². The molecule has 0 bridgehead atoms. The summed E-state index contributed by atoms with van der Waals surface area (Å²) >= 11 is 5.64. The highest BCUT2D eigenvalue weighted by Gasteiger charge is 2.19. The van der Waals surface area contributed by atoms with E-state index in [4.69, 9.17) is 16.7 Å². The second kappa shape index (κ2) is 4.23. The van der Waals surface area contributed by atoms with Gasteiger partial charge in [-0.1, -0.05) is 23.7 Å². The molecular formula is C9H8ClFO2. The first kappa shape index (κ1) is 9.99. The van der Waals surface area contributed by atoms with Crippen molar-refractivity contribution in [1.82, 2.24) is 0 Å². The highest BCUT2D eigenvalue weighted by molar-refractivity contribution is 6.30. The van der Waals surface area contributed by atoms with Gasteiger partial charge >= 0.3 is 5.97 Å². The quantitative estimate of drug-likeness (QED) is 0.818. The highest BCUT2D eigenvalue weighted by Crippen LogP contribution is 2.20. The van der Waals surface area contributed by atoms with Gasteiger partial charge in [0.1, 0.15) is 12.6 Å². The summed E-state index contributed by atoms with van der Waals surface area (Å²) in [4.78, 5) is 10.6. The van der Waals surface area contributed by atoms with Crippen LogP contribution >= 0.6 is 11.6 Å². The number of benzene rings is 1. The average Bonchev–Trinajstić information content (AvgIpc) is 2.04. The first-order valence-electron chi connectivity index (χ1n) is 3.69. The van der Waals surface area contributed by atoms with Crippen molar-refractivity contribution in [3.63, 3.8) is 0 Å². The van der Waals surface area contributed by atoms with Crippen LogP contribution in [0.3, 0.4) is 0 Å². The fraction of sp³-hybridized carbons (Fsp3) is 0.222. The van der Waals surface area contributed by atoms with Gasteiger partial charge < -0.3 is 5.11 Å². The Morgan fingerprint density at radius 2 is 2.31 bits per heavy atom. The number of carboxylic acids is 1. The molecule has 70 valence electrons. The maximum atomic E-state index is 12.3. The number of hydrogen-bond donors (Lipinski definition) is 1. The van der Waals surface area contributed by atoms with E-state index >= 15 is 0 Å². The van der Waals surface area contributed by atoms with Crippen LogP contribution in [-0.2, 0) is 4.79 Å². The fourth-order valence-electron chi connectivity index (χ4n) is 1.02. The normalized spacial score (nSPS) is 12.5. The lowest BCUT2D eigenvalue weighted by molar-refractivity contribution is -0.139. The Morgan fingerprint density at radius 3 is 2.77 bits per heavy atom. The van der Waals surface area contributed by atoms with Gasteiger partial charge in [-0.3, -0.25) is 4.79 Å². The summed E-state index contributed by atoms with van der Waals surface area (Å²) in [6, 6.07) is 6.22. The number of hydrogen-bond acceptors (Lipinski definition) is 1. The first-order valence-corrected chi connectivity index (χ1v) is 4.07. The average molecular weight is 203 g/mol. The van der Waals surface area contributed by atoms with Crippen LogP contribution in [0.2, 0.25) is 5.02 Å². The summed E-state index contributed by atoms with van der Waals surface area (Å²) in [5, 5.41) is 9.05. The summed E-state index contributed by atoms with van der Waals surface area (Å²) in [7, 11) is 0. The van der Waals surface area contributed by atoms with Crippen LogP contribution in [0, 0.1) is 0 Å². The van der Waals surface area contributed by atoms with Crippen LogP contribution in [0.25, 0.3) is 0 Å². The molecule has 0 radical (unpaired) electrons. The molecule has 0 aliphatic carbocycles. The third-order valence-corrected chi connectivity index (χ3v) is 1.94. The van der Waals surface area contributed by atoms with E-state index in [-0.39, 0.29) is 0 Å². The largest absolute Gasteiger partial charge is 0.481 e. The molecule has 4 heteroatoms. The summed E-state index contributed by atoms with van der Waals surface area (Å²) in [5.74, 6) is -2.29. The second-order valence-electron chi connectivity index (χ2n) is 2.60. The molecule has 1 N–H and O–H groups in total. The Kier molecular flexibility index (Phi) is 3.25. The van der Waals surface area contributed by atoms with Crippen molar-refractivity contribution < 1.29 is 14.3 Å². The second-order valence-corrected chi connectivity index (χ2v) is 3.04. The summed E-state index contributed by atoms with van der Waals surface area (Å²) in [5.41, 5.74) is 0.391. The van der Waals surface area contributed by atoms with Crippen molar-refractivity contribution in [3.05, 3.63) is 34.9 Å². The van der Waals surface area contributed by atoms with Gasteiger partial charge in [-0.15, -0.1) is 0 Å². The standard InChI is InChI=1S/C9H8ClFO2/c10-7-3-1-2-6(4-7)8(5-11)9(12)13/h1-4,8H,5H2,(H,12,13). The van der Waals surface area contributed by atoms with Crippen LogP contribution < -0.4 is 0 Å². The maximum Gasteiger partial charge on any atom is 0.313 e. The maximum absolute atomic E-state index is 12.3. The van der Waals surface area contributed by atoms with Gasteiger partial charge in [0.15, 0.2) is 0 Å². The molecule has 1 unspecified atom stereocenters. The van der Waals surface area contributed by atoms with Crippen LogP contribution in [-0.4, -0.2) is 17.8 Å². The summed E-state index contributed by atoms with van der Waals surface area (Å²) < 4.78 is 12.3. The monoisotopic (exact) mass is 202 g/mol. The van der Waals surface area contributed by atoms with Crippen molar-refractivity contribution >= 4 is 17.6 Å². The molecule has 0 fully saturated rings. The van der Waals surface area contributed by atoms with Crippen molar-refractivity contribution in [3.8, 4) is 0 Å². The van der Waals surface area contributed by atoms with Gasteiger partial charge in [0.25, 0.3) is 0 Å². The SMILES string of the molecule is O=C(O)C(CF)c1cccc(Cl)c1. The predicted molar refractivity (Wildman–Crippen MR) is 47.8 cm³/mol. The van der Waals surface area contributed by atoms with Crippen LogP contribution in [0.15, 0.2) is 24.3 Å². The molecule has 0 saturated carbocycles. The molecule has 0 amide bonds. The molecule has 1 aromatic rings. The van der Waals surface area contributed by atoms with Gasteiger partial charge in [-0.05, 0) is 17.7 Å². The molecule has 0 spiro atoms. The molecule has 0 saturated heterocycles. The zero-order valence-electron chi connectivity index (χ0n) is 6.71. The van der Waals surface area contributed by atoms with Crippen LogP contribution in [0.5, 0.6) is 0 Å². The van der Waals surface area contributed by atoms with E-state index in [1.807, 2.05) is 0 Å². The summed E-state index contributed by atoms with van der Waals surface area (Å²) in [6.07, 6.45) is 0. The summed E-state index contributed by atoms with van der Waals surface area (Å²) in [6.45, 7) is -0.921. The van der Waals surface area contributed by atoms with Gasteiger partial charge in [0.2, 0.25) is 0 Å². The van der Waals surface area contributed by atoms with Gasteiger partial charge in [0.05, 0.1) is 0 Å². The lowest BCUT2D eigenvalue weighted by Gasteiger charge is -2.07. The third kappa shape index (κ3) is 2.42. The van der Waals surface area contributed by atoms with Crippen molar-refractivity contribution in [2.75, 3.05) is 6.67 Å². The molecular weight excluding hydrogens is 195 g/mol. The van der Waals surface area contributed by atoms with E-state index in [2.05, 4.69) is 0 Å².